The molecule has 2 atom stereocenters. The fraction of sp³-hybridized carbons (Fsp3) is 0.875. The van der Waals surface area contributed by atoms with Crippen LogP contribution in [0.25, 0.3) is 0 Å². The van der Waals surface area contributed by atoms with Gasteiger partial charge in [-0.15, -0.1) is 0 Å². The Balaban J connectivity index is 3.92. The number of ether oxygens (including phenoxy) is 1. The average Bonchev–Trinajstić information content (AvgIpc) is 2.15. The minimum Gasteiger partial charge on any atom is -0.409 e. The summed E-state index contributed by atoms with van der Waals surface area (Å²) in [7, 11) is 1.65. The molecule has 5 heteroatoms. The van der Waals surface area contributed by atoms with Gasteiger partial charge in [0.15, 0.2) is 5.84 Å². The van der Waals surface area contributed by atoms with Gasteiger partial charge in [0.25, 0.3) is 0 Å². The third-order valence-corrected chi connectivity index (χ3v) is 1.91. The number of amidine groups is 1. The van der Waals surface area contributed by atoms with Gasteiger partial charge >= 0.3 is 0 Å². The highest BCUT2D eigenvalue weighted by atomic mass is 16.5. The molecule has 0 aromatic rings. The summed E-state index contributed by atoms with van der Waals surface area (Å²) in [5.41, 5.74) is 5.41. The molecule has 0 spiro atoms. The molecule has 0 fully saturated rings. The monoisotopic (exact) mass is 189 g/mol. The van der Waals surface area contributed by atoms with Gasteiger partial charge < -0.3 is 21.0 Å². The second-order valence-corrected chi connectivity index (χ2v) is 2.97. The maximum absolute atomic E-state index is 8.41. The molecule has 2 unspecified atom stereocenters. The van der Waals surface area contributed by atoms with Crippen LogP contribution in [0.3, 0.4) is 0 Å². The van der Waals surface area contributed by atoms with E-state index in [2.05, 4.69) is 17.4 Å². The molecule has 0 saturated heterocycles. The molecule has 0 aliphatic carbocycles. The van der Waals surface area contributed by atoms with Crippen LogP contribution in [0.4, 0.5) is 0 Å². The van der Waals surface area contributed by atoms with Crippen molar-refractivity contribution in [2.24, 2.45) is 10.9 Å². The number of nitrogens with one attached hydrogen (secondary N) is 1. The van der Waals surface area contributed by atoms with Crippen LogP contribution in [-0.2, 0) is 4.74 Å². The van der Waals surface area contributed by atoms with Crippen LogP contribution in [0, 0.1) is 0 Å². The van der Waals surface area contributed by atoms with Crippen LogP contribution >= 0.6 is 0 Å². The highest BCUT2D eigenvalue weighted by Crippen LogP contribution is 1.94. The van der Waals surface area contributed by atoms with Crippen molar-refractivity contribution in [2.45, 2.75) is 32.4 Å². The van der Waals surface area contributed by atoms with E-state index in [1.54, 1.807) is 7.11 Å². The number of rotatable bonds is 6. The standard InChI is InChI=1S/C8H19N3O2/c1-4-7(5-13-3)10-6(2)8(9)11-12/h6-7,10,12H,4-5H2,1-3H3,(H2,9,11). The van der Waals surface area contributed by atoms with Crippen molar-refractivity contribution >= 4 is 5.84 Å². The number of nitrogens with two attached hydrogens (primary N) is 1. The smallest absolute Gasteiger partial charge is 0.156 e. The molecule has 13 heavy (non-hydrogen) atoms. The normalized spacial score (nSPS) is 17.0. The number of nitrogens with zero attached hydrogens (tertiary/aromatic N) is 1. The fourth-order valence-electron chi connectivity index (χ4n) is 1.01. The average molecular weight is 189 g/mol. The molecule has 0 saturated carbocycles. The van der Waals surface area contributed by atoms with Gasteiger partial charge in [-0.05, 0) is 13.3 Å². The van der Waals surface area contributed by atoms with Crippen molar-refractivity contribution in [3.05, 3.63) is 0 Å². The first-order chi connectivity index (χ1) is 6.15. The van der Waals surface area contributed by atoms with Gasteiger partial charge in [-0.3, -0.25) is 0 Å². The van der Waals surface area contributed by atoms with Crippen LogP contribution < -0.4 is 11.1 Å². The van der Waals surface area contributed by atoms with Crippen molar-refractivity contribution in [3.63, 3.8) is 0 Å². The van der Waals surface area contributed by atoms with Gasteiger partial charge in [0.2, 0.25) is 0 Å². The zero-order chi connectivity index (χ0) is 10.3. The van der Waals surface area contributed by atoms with Crippen molar-refractivity contribution in [3.8, 4) is 0 Å². The summed E-state index contributed by atoms with van der Waals surface area (Å²) in [6, 6.07) is 0.102. The maximum atomic E-state index is 8.41. The van der Waals surface area contributed by atoms with Gasteiger partial charge in [0.1, 0.15) is 0 Å². The molecule has 0 aromatic heterocycles. The van der Waals surface area contributed by atoms with Crippen molar-refractivity contribution in [2.75, 3.05) is 13.7 Å². The van der Waals surface area contributed by atoms with Crippen LogP contribution in [-0.4, -0.2) is 36.8 Å². The zero-order valence-corrected chi connectivity index (χ0v) is 8.45. The highest BCUT2D eigenvalue weighted by molar-refractivity contribution is 5.84. The lowest BCUT2D eigenvalue weighted by atomic mass is 10.2. The Hall–Kier alpha value is -0.810. The second kappa shape index (κ2) is 6.68. The van der Waals surface area contributed by atoms with Gasteiger partial charge in [-0.25, -0.2) is 0 Å². The van der Waals surface area contributed by atoms with E-state index >= 15 is 0 Å². The van der Waals surface area contributed by atoms with E-state index in [-0.39, 0.29) is 17.9 Å². The molecule has 0 aliphatic heterocycles. The molecule has 0 bridgehead atoms. The van der Waals surface area contributed by atoms with E-state index in [4.69, 9.17) is 15.7 Å². The minimum absolute atomic E-state index is 0.134. The Morgan fingerprint density at radius 2 is 2.31 bits per heavy atom. The Labute approximate surface area is 78.9 Å². The molecule has 78 valence electrons. The lowest BCUT2D eigenvalue weighted by molar-refractivity contribution is 0.162. The van der Waals surface area contributed by atoms with Crippen molar-refractivity contribution in [1.82, 2.24) is 5.32 Å². The van der Waals surface area contributed by atoms with Crippen LogP contribution in [0.15, 0.2) is 5.16 Å². The lowest BCUT2D eigenvalue weighted by Gasteiger charge is -2.20. The topological polar surface area (TPSA) is 79.9 Å². The molecule has 0 rings (SSSR count). The Morgan fingerprint density at radius 3 is 2.69 bits per heavy atom. The maximum Gasteiger partial charge on any atom is 0.156 e. The molecule has 0 amide bonds. The first-order valence-corrected chi connectivity index (χ1v) is 4.38. The SMILES string of the molecule is CCC(COC)NC(C)C(N)=NO. The summed E-state index contributed by atoms with van der Waals surface area (Å²) in [5, 5.41) is 14.5. The van der Waals surface area contributed by atoms with Gasteiger partial charge in [-0.1, -0.05) is 12.1 Å². The van der Waals surface area contributed by atoms with Gasteiger partial charge in [0.05, 0.1) is 12.6 Å². The Kier molecular flexibility index (Phi) is 6.26. The van der Waals surface area contributed by atoms with Crippen LogP contribution in [0.2, 0.25) is 0 Å². The molecule has 0 aliphatic rings. The van der Waals surface area contributed by atoms with Crippen LogP contribution in [0.1, 0.15) is 20.3 Å². The summed E-state index contributed by atoms with van der Waals surface area (Å²) >= 11 is 0. The van der Waals surface area contributed by atoms with E-state index in [1.165, 1.54) is 0 Å². The quantitative estimate of drug-likeness (QED) is 0.240. The number of hydrogen-bond acceptors (Lipinski definition) is 4. The van der Waals surface area contributed by atoms with Gasteiger partial charge in [0, 0.05) is 13.2 Å². The number of hydrogen-bond donors (Lipinski definition) is 3. The molecule has 0 radical (unpaired) electrons. The summed E-state index contributed by atoms with van der Waals surface area (Å²) in [5.74, 6) is 0.189. The van der Waals surface area contributed by atoms with Crippen LogP contribution in [0.5, 0.6) is 0 Å². The minimum atomic E-state index is -0.134. The van der Waals surface area contributed by atoms with Crippen molar-refractivity contribution < 1.29 is 9.94 Å². The Bertz CT molecular complexity index is 161. The summed E-state index contributed by atoms with van der Waals surface area (Å²) in [6.45, 7) is 4.52. The molecule has 5 nitrogen and oxygen atoms in total. The summed E-state index contributed by atoms with van der Waals surface area (Å²) in [4.78, 5) is 0. The predicted molar refractivity (Wildman–Crippen MR) is 52.0 cm³/mol. The number of oxime groups is 1. The third kappa shape index (κ3) is 4.69. The lowest BCUT2D eigenvalue weighted by Crippen LogP contribution is -2.46. The van der Waals surface area contributed by atoms with E-state index < -0.39 is 0 Å². The molecule has 4 N–H and O–H groups in total. The van der Waals surface area contributed by atoms with E-state index in [0.717, 1.165) is 6.42 Å². The Morgan fingerprint density at radius 1 is 1.69 bits per heavy atom. The van der Waals surface area contributed by atoms with E-state index in [0.29, 0.717) is 6.61 Å². The predicted octanol–water partition coefficient (Wildman–Crippen LogP) is 0.136. The first kappa shape index (κ1) is 12.2. The largest absolute Gasteiger partial charge is 0.409 e. The summed E-state index contributed by atoms with van der Waals surface area (Å²) in [6.07, 6.45) is 0.941. The summed E-state index contributed by atoms with van der Waals surface area (Å²) < 4.78 is 5.00. The van der Waals surface area contributed by atoms with E-state index in [9.17, 15) is 0 Å². The van der Waals surface area contributed by atoms with Gasteiger partial charge in [-0.2, -0.15) is 0 Å². The number of methoxy groups -OCH3 is 1. The van der Waals surface area contributed by atoms with E-state index in [1.807, 2.05) is 6.92 Å². The molecular formula is C8H19N3O2. The second-order valence-electron chi connectivity index (χ2n) is 2.97. The molecule has 0 heterocycles. The molecule has 0 aromatic carbocycles. The zero-order valence-electron chi connectivity index (χ0n) is 8.45. The fourth-order valence-corrected chi connectivity index (χ4v) is 1.01. The molecular weight excluding hydrogens is 170 g/mol. The first-order valence-electron chi connectivity index (χ1n) is 4.38. The van der Waals surface area contributed by atoms with Crippen molar-refractivity contribution in [1.29, 1.82) is 0 Å². The highest BCUT2D eigenvalue weighted by Gasteiger charge is 2.12. The third-order valence-electron chi connectivity index (χ3n) is 1.91.